The van der Waals surface area contributed by atoms with Crippen LogP contribution in [0.4, 0.5) is 11.4 Å². The minimum Gasteiger partial charge on any atom is -0.493 e. The van der Waals surface area contributed by atoms with Gasteiger partial charge in [-0.3, -0.25) is 9.52 Å². The van der Waals surface area contributed by atoms with Crippen molar-refractivity contribution in [1.82, 2.24) is 14.8 Å². The second-order valence-electron chi connectivity index (χ2n) is 6.24. The molecule has 2 aromatic carbocycles. The summed E-state index contributed by atoms with van der Waals surface area (Å²) < 4.78 is 39.5. The molecule has 1 atom stereocenters. The number of nitrogens with zero attached hydrogens (tertiary/aromatic N) is 3. The molecule has 1 amide bonds. The smallest absolute Gasteiger partial charge is 0.262 e. The summed E-state index contributed by atoms with van der Waals surface area (Å²) in [6, 6.07) is 10.1. The van der Waals surface area contributed by atoms with E-state index in [-0.39, 0.29) is 10.8 Å². The third-order valence-electron chi connectivity index (χ3n) is 4.28. The van der Waals surface area contributed by atoms with Crippen LogP contribution in [0.5, 0.6) is 11.5 Å². The molecule has 0 radical (unpaired) electrons. The minimum absolute atomic E-state index is 0.0270. The molecule has 3 aromatic rings. The van der Waals surface area contributed by atoms with Crippen molar-refractivity contribution >= 4 is 27.3 Å². The quantitative estimate of drug-likeness (QED) is 0.561. The van der Waals surface area contributed by atoms with E-state index in [4.69, 9.17) is 9.47 Å². The molecule has 0 saturated heterocycles. The molecule has 0 fully saturated rings. The Morgan fingerprint density at radius 3 is 2.30 bits per heavy atom. The van der Waals surface area contributed by atoms with Gasteiger partial charge in [0, 0.05) is 17.4 Å². The molecule has 0 aliphatic rings. The van der Waals surface area contributed by atoms with E-state index in [0.29, 0.717) is 22.9 Å². The number of rotatable bonds is 8. The third kappa shape index (κ3) is 4.69. The largest absolute Gasteiger partial charge is 0.493 e. The molecule has 0 aliphatic carbocycles. The van der Waals surface area contributed by atoms with Gasteiger partial charge in [0.05, 0.1) is 19.1 Å². The van der Waals surface area contributed by atoms with Crippen molar-refractivity contribution in [2.45, 2.75) is 17.9 Å². The van der Waals surface area contributed by atoms with Crippen molar-refractivity contribution in [1.29, 1.82) is 0 Å². The summed E-state index contributed by atoms with van der Waals surface area (Å²) in [6.45, 7) is 1.69. The lowest BCUT2D eigenvalue weighted by Gasteiger charge is -2.13. The van der Waals surface area contributed by atoms with Crippen LogP contribution in [-0.2, 0) is 14.8 Å². The maximum atomic E-state index is 12.7. The minimum atomic E-state index is -3.84. The third-order valence-corrected chi connectivity index (χ3v) is 5.66. The zero-order valence-corrected chi connectivity index (χ0v) is 17.4. The molecule has 1 unspecified atom stereocenters. The Balaban J connectivity index is 1.70. The fourth-order valence-corrected chi connectivity index (χ4v) is 3.68. The number of aromatic nitrogens is 3. The highest BCUT2D eigenvalue weighted by molar-refractivity contribution is 7.92. The lowest BCUT2D eigenvalue weighted by molar-refractivity contribution is -0.119. The van der Waals surface area contributed by atoms with E-state index in [1.807, 2.05) is 0 Å². The molecule has 0 spiro atoms. The van der Waals surface area contributed by atoms with Gasteiger partial charge < -0.3 is 14.8 Å². The van der Waals surface area contributed by atoms with Crippen LogP contribution in [0.2, 0.25) is 0 Å². The second-order valence-corrected chi connectivity index (χ2v) is 7.92. The second kappa shape index (κ2) is 8.82. The monoisotopic (exact) mass is 431 g/mol. The maximum absolute atomic E-state index is 12.7. The van der Waals surface area contributed by atoms with Gasteiger partial charge in [-0.1, -0.05) is 0 Å². The lowest BCUT2D eigenvalue weighted by atomic mass is 10.2. The van der Waals surface area contributed by atoms with E-state index >= 15 is 0 Å². The maximum Gasteiger partial charge on any atom is 0.262 e. The van der Waals surface area contributed by atoms with Crippen LogP contribution < -0.4 is 19.5 Å². The van der Waals surface area contributed by atoms with E-state index in [9.17, 15) is 13.2 Å². The Bertz CT molecular complexity index is 1110. The predicted octanol–water partition coefficient (Wildman–Crippen LogP) is 2.30. The van der Waals surface area contributed by atoms with Crippen molar-refractivity contribution < 1.29 is 22.7 Å². The summed E-state index contributed by atoms with van der Waals surface area (Å²) in [5.41, 5.74) is 0.855. The Morgan fingerprint density at radius 1 is 1.03 bits per heavy atom. The molecule has 10 nitrogen and oxygen atoms in total. The average molecular weight is 431 g/mol. The number of carbonyl (C=O) groups is 1. The first-order valence-electron chi connectivity index (χ1n) is 8.84. The van der Waals surface area contributed by atoms with Crippen molar-refractivity contribution in [2.24, 2.45) is 0 Å². The lowest BCUT2D eigenvalue weighted by Crippen LogP contribution is -2.24. The van der Waals surface area contributed by atoms with Crippen molar-refractivity contribution in [3.63, 3.8) is 0 Å². The topological polar surface area (TPSA) is 124 Å². The summed E-state index contributed by atoms with van der Waals surface area (Å²) in [7, 11) is -0.943. The highest BCUT2D eigenvalue weighted by atomic mass is 32.2. The standard InChI is InChI=1S/C19H21N5O5S/c1-13(24-12-20-11-21-24)19(25)22-14-4-6-15(7-5-14)23-30(26,27)16-8-9-17(28-2)18(10-16)29-3/h4-13,23H,1-3H3,(H,22,25). The molecule has 3 rings (SSSR count). The van der Waals surface area contributed by atoms with Gasteiger partial charge in [0.2, 0.25) is 5.91 Å². The van der Waals surface area contributed by atoms with Crippen LogP contribution in [0, 0.1) is 0 Å². The van der Waals surface area contributed by atoms with Crippen LogP contribution in [0.1, 0.15) is 13.0 Å². The molecular weight excluding hydrogens is 410 g/mol. The van der Waals surface area contributed by atoms with E-state index in [0.717, 1.165) is 0 Å². The number of methoxy groups -OCH3 is 2. The normalized spacial score (nSPS) is 12.1. The highest BCUT2D eigenvalue weighted by Gasteiger charge is 2.18. The number of carbonyl (C=O) groups excluding carboxylic acids is 1. The van der Waals surface area contributed by atoms with Gasteiger partial charge in [0.1, 0.15) is 18.7 Å². The van der Waals surface area contributed by atoms with Crippen molar-refractivity contribution in [3.05, 3.63) is 55.1 Å². The summed E-state index contributed by atoms with van der Waals surface area (Å²) in [6.07, 6.45) is 2.80. The fourth-order valence-electron chi connectivity index (χ4n) is 2.60. The molecule has 30 heavy (non-hydrogen) atoms. The first-order valence-corrected chi connectivity index (χ1v) is 10.3. The molecule has 0 aliphatic heterocycles. The van der Waals surface area contributed by atoms with Gasteiger partial charge in [-0.15, -0.1) is 0 Å². The Hall–Kier alpha value is -3.60. The van der Waals surface area contributed by atoms with Crippen LogP contribution in [0.25, 0.3) is 0 Å². The predicted molar refractivity (Wildman–Crippen MR) is 110 cm³/mol. The number of benzene rings is 2. The zero-order chi connectivity index (χ0) is 21.7. The van der Waals surface area contributed by atoms with E-state index in [1.54, 1.807) is 31.2 Å². The number of ether oxygens (including phenoxy) is 2. The van der Waals surface area contributed by atoms with Crippen LogP contribution in [-0.4, -0.2) is 43.3 Å². The summed E-state index contributed by atoms with van der Waals surface area (Å²) in [4.78, 5) is 16.1. The van der Waals surface area contributed by atoms with Gasteiger partial charge in [-0.05, 0) is 43.3 Å². The van der Waals surface area contributed by atoms with Crippen molar-refractivity contribution in [3.8, 4) is 11.5 Å². The van der Waals surface area contributed by atoms with E-state index in [1.165, 1.54) is 49.8 Å². The Morgan fingerprint density at radius 2 is 1.70 bits per heavy atom. The van der Waals surface area contributed by atoms with E-state index < -0.39 is 16.1 Å². The van der Waals surface area contributed by atoms with Gasteiger partial charge >= 0.3 is 0 Å². The number of hydrogen-bond acceptors (Lipinski definition) is 7. The molecule has 158 valence electrons. The summed E-state index contributed by atoms with van der Waals surface area (Å²) in [5.74, 6) is 0.454. The summed E-state index contributed by atoms with van der Waals surface area (Å²) >= 11 is 0. The van der Waals surface area contributed by atoms with Gasteiger partial charge in [0.15, 0.2) is 11.5 Å². The first kappa shape index (κ1) is 21.1. The molecule has 0 saturated carbocycles. The number of amides is 1. The zero-order valence-electron chi connectivity index (χ0n) is 16.6. The SMILES string of the molecule is COc1ccc(S(=O)(=O)Nc2ccc(NC(=O)C(C)n3cncn3)cc2)cc1OC. The Kier molecular flexibility index (Phi) is 6.21. The molecule has 2 N–H and O–H groups in total. The molecule has 1 aromatic heterocycles. The van der Waals surface area contributed by atoms with Crippen LogP contribution in [0.15, 0.2) is 60.0 Å². The van der Waals surface area contributed by atoms with Crippen LogP contribution >= 0.6 is 0 Å². The van der Waals surface area contributed by atoms with Crippen molar-refractivity contribution in [2.75, 3.05) is 24.3 Å². The Labute approximate surface area is 173 Å². The fraction of sp³-hybridized carbons (Fsp3) is 0.211. The molecule has 11 heteroatoms. The first-order chi connectivity index (χ1) is 14.3. The summed E-state index contributed by atoms with van der Waals surface area (Å²) in [5, 5.41) is 6.68. The highest BCUT2D eigenvalue weighted by Crippen LogP contribution is 2.30. The number of sulfonamides is 1. The van der Waals surface area contributed by atoms with Gasteiger partial charge in [-0.25, -0.2) is 18.1 Å². The number of anilines is 2. The number of hydrogen-bond donors (Lipinski definition) is 2. The average Bonchev–Trinajstić information content (AvgIpc) is 3.28. The van der Waals surface area contributed by atoms with Gasteiger partial charge in [0.25, 0.3) is 10.0 Å². The molecule has 1 heterocycles. The van der Waals surface area contributed by atoms with E-state index in [2.05, 4.69) is 20.1 Å². The molecular formula is C19H21N5O5S. The number of nitrogens with one attached hydrogen (secondary N) is 2. The van der Waals surface area contributed by atoms with Crippen LogP contribution in [0.3, 0.4) is 0 Å². The van der Waals surface area contributed by atoms with Gasteiger partial charge in [-0.2, -0.15) is 5.10 Å². The molecule has 0 bridgehead atoms.